The molecule has 0 amide bonds. The van der Waals surface area contributed by atoms with Crippen LogP contribution in [0.4, 0.5) is 11.4 Å². The van der Waals surface area contributed by atoms with E-state index in [9.17, 15) is 0 Å². The molecule has 3 nitrogen and oxygen atoms in total. The van der Waals surface area contributed by atoms with Gasteiger partial charge in [0, 0.05) is 18.1 Å². The Balaban J connectivity index is 0.00000361. The number of aromatic nitrogens is 1. The fraction of sp³-hybridized carbons (Fsp3) is 0.188. The number of hydrogen-bond acceptors (Lipinski definition) is 3. The molecule has 0 radical (unpaired) electrons. The molecule has 1 heterocycles. The zero-order valence-electron chi connectivity index (χ0n) is 21.1. The number of fused-ring (bicyclic) bond motifs is 1. The van der Waals surface area contributed by atoms with Crippen LogP contribution >= 0.6 is 0 Å². The largest absolute Gasteiger partial charge is 2.00 e. The van der Waals surface area contributed by atoms with Crippen LogP contribution in [-0.4, -0.2) is 17.2 Å². The molecule has 4 heteroatoms. The Morgan fingerprint density at radius 3 is 2.67 bits per heavy atom. The van der Waals surface area contributed by atoms with Crippen molar-refractivity contribution in [2.24, 2.45) is 4.99 Å². The first kappa shape index (κ1) is 27.3. The molecule has 1 unspecified atom stereocenters. The van der Waals surface area contributed by atoms with E-state index in [1.54, 1.807) is 6.21 Å². The molecule has 0 N–H and O–H groups in total. The summed E-state index contributed by atoms with van der Waals surface area (Å²) in [4.78, 5) is 11.4. The minimum Gasteiger partial charge on any atom is -0.364 e. The zero-order valence-corrected chi connectivity index (χ0v) is 23.3. The number of aliphatic imine (C=N–C) groups is 1. The third kappa shape index (κ3) is 6.68. The minimum atomic E-state index is -0.0230. The Bertz CT molecular complexity index is 1320. The molecule has 0 bridgehead atoms. The fourth-order valence-electron chi connectivity index (χ4n) is 3.96. The second-order valence-corrected chi connectivity index (χ2v) is 8.89. The molecule has 184 valence electrons. The number of allylic oxidation sites excluding steroid dienone is 3. The summed E-state index contributed by atoms with van der Waals surface area (Å²) in [5, 5.41) is 0. The van der Waals surface area contributed by atoms with Crippen molar-refractivity contribution < 1.29 is 21.1 Å². The van der Waals surface area contributed by atoms with E-state index in [1.165, 1.54) is 11.1 Å². The maximum Gasteiger partial charge on any atom is 2.00 e. The molecule has 0 spiro atoms. The van der Waals surface area contributed by atoms with Gasteiger partial charge in [-0.25, -0.2) is 12.7 Å². The van der Waals surface area contributed by atoms with Gasteiger partial charge < -0.3 is 9.88 Å². The topological polar surface area (TPSA) is 28.5 Å². The Morgan fingerprint density at radius 2 is 1.92 bits per heavy atom. The smallest absolute Gasteiger partial charge is 0.364 e. The first-order valence-electron chi connectivity index (χ1n) is 11.9. The molecule has 1 aromatic heterocycles. The molecule has 0 fully saturated rings. The quantitative estimate of drug-likeness (QED) is 0.141. The van der Waals surface area contributed by atoms with E-state index >= 15 is 0 Å². The van der Waals surface area contributed by atoms with E-state index in [0.29, 0.717) is 0 Å². The summed E-state index contributed by atoms with van der Waals surface area (Å²) in [6.45, 7) is 14.3. The van der Waals surface area contributed by atoms with Crippen molar-refractivity contribution in [3.05, 3.63) is 120 Å². The maximum atomic E-state index is 4.72. The second kappa shape index (κ2) is 12.6. The number of para-hydroxylation sites is 1. The van der Waals surface area contributed by atoms with Crippen LogP contribution in [0.3, 0.4) is 0 Å². The summed E-state index contributed by atoms with van der Waals surface area (Å²) in [7, 11) is 0. The Morgan fingerprint density at radius 1 is 1.14 bits per heavy atom. The summed E-state index contributed by atoms with van der Waals surface area (Å²) in [6.07, 6.45) is 13.7. The molecule has 0 aliphatic heterocycles. The predicted octanol–water partition coefficient (Wildman–Crippen LogP) is 7.94. The standard InChI is InChI=1S/C32H31N3.Pt/c1-23(2)21-33-26(5)24(3)18-25(4)35(30-15-7-6-8-16-30)31-17-11-14-28(19-31)32-20-27-12-9-10-13-29(27)22-34-32;/h6-8,10-11,13-17,20-22,26H,1,4,9,12H2,2-3,5H3;/q-2;+2. The van der Waals surface area contributed by atoms with Crippen LogP contribution in [0.25, 0.3) is 17.3 Å². The van der Waals surface area contributed by atoms with Gasteiger partial charge >= 0.3 is 21.1 Å². The fourth-order valence-corrected chi connectivity index (χ4v) is 3.96. The Labute approximate surface area is 230 Å². The number of rotatable bonds is 8. The molecule has 0 saturated carbocycles. The number of pyridine rings is 1. The van der Waals surface area contributed by atoms with E-state index < -0.39 is 0 Å². The van der Waals surface area contributed by atoms with Crippen molar-refractivity contribution >= 4 is 23.7 Å². The first-order valence-corrected chi connectivity index (χ1v) is 11.9. The molecule has 0 saturated heterocycles. The number of hydrogen-bond donors (Lipinski definition) is 0. The van der Waals surface area contributed by atoms with Crippen molar-refractivity contribution in [3.63, 3.8) is 0 Å². The van der Waals surface area contributed by atoms with Crippen molar-refractivity contribution in [2.75, 3.05) is 4.90 Å². The molecule has 4 rings (SSSR count). The Hall–Kier alpha value is -3.29. The molecule has 1 atom stereocenters. The van der Waals surface area contributed by atoms with E-state index in [-0.39, 0.29) is 27.1 Å². The molecule has 36 heavy (non-hydrogen) atoms. The monoisotopic (exact) mass is 652 g/mol. The predicted molar refractivity (Wildman–Crippen MR) is 149 cm³/mol. The van der Waals surface area contributed by atoms with Gasteiger partial charge in [-0.1, -0.05) is 49.9 Å². The van der Waals surface area contributed by atoms with Gasteiger partial charge in [0.25, 0.3) is 0 Å². The van der Waals surface area contributed by atoms with Crippen molar-refractivity contribution in [3.8, 4) is 11.3 Å². The van der Waals surface area contributed by atoms with Crippen LogP contribution in [0.2, 0.25) is 0 Å². The van der Waals surface area contributed by atoms with Gasteiger partial charge in [0.05, 0.1) is 6.04 Å². The molecule has 3 aromatic rings. The number of anilines is 2. The minimum absolute atomic E-state index is 0. The van der Waals surface area contributed by atoms with Gasteiger partial charge in [0.1, 0.15) is 0 Å². The van der Waals surface area contributed by atoms with Gasteiger partial charge in [-0.15, -0.1) is 41.1 Å². The number of benzene rings is 2. The SMILES string of the molecule is C=C(C)C=NC(C)C(C)=[C-]C(=C)N(c1[c-]c(-c2cc3c(cn2)C=CCC3)ccc1)c1ccccc1.[Pt+2]. The molecule has 1 aliphatic carbocycles. The van der Waals surface area contributed by atoms with E-state index in [2.05, 4.69) is 71.6 Å². The van der Waals surface area contributed by atoms with E-state index in [1.807, 2.05) is 57.3 Å². The third-order valence-electron chi connectivity index (χ3n) is 5.97. The summed E-state index contributed by atoms with van der Waals surface area (Å²) in [5.41, 5.74) is 8.94. The van der Waals surface area contributed by atoms with Gasteiger partial charge in [0.15, 0.2) is 0 Å². The number of nitrogens with zero attached hydrogens (tertiary/aromatic N) is 3. The van der Waals surface area contributed by atoms with Crippen molar-refractivity contribution in [2.45, 2.75) is 39.7 Å². The van der Waals surface area contributed by atoms with Gasteiger partial charge in [-0.3, -0.25) is 4.99 Å². The zero-order chi connectivity index (χ0) is 24.8. The van der Waals surface area contributed by atoms with Crippen LogP contribution in [0.5, 0.6) is 0 Å². The maximum absolute atomic E-state index is 4.72. The van der Waals surface area contributed by atoms with Crippen LogP contribution in [-0.2, 0) is 27.5 Å². The van der Waals surface area contributed by atoms with Gasteiger partial charge in [-0.2, -0.15) is 0 Å². The van der Waals surface area contributed by atoms with Crippen molar-refractivity contribution in [1.29, 1.82) is 0 Å². The molecular weight excluding hydrogens is 621 g/mol. The van der Waals surface area contributed by atoms with Crippen LogP contribution in [0, 0.1) is 12.1 Å². The summed E-state index contributed by atoms with van der Waals surface area (Å²) >= 11 is 0. The van der Waals surface area contributed by atoms with Crippen molar-refractivity contribution in [1.82, 2.24) is 4.98 Å². The van der Waals surface area contributed by atoms with E-state index in [4.69, 9.17) is 4.98 Å². The van der Waals surface area contributed by atoms with Crippen LogP contribution in [0.15, 0.2) is 102 Å². The van der Waals surface area contributed by atoms with Gasteiger partial charge in [-0.05, 0) is 66.9 Å². The summed E-state index contributed by atoms with van der Waals surface area (Å²) in [5.74, 6) is 0. The number of aryl methyl sites for hydroxylation is 1. The summed E-state index contributed by atoms with van der Waals surface area (Å²) < 4.78 is 0. The molecule has 2 aromatic carbocycles. The average molecular weight is 653 g/mol. The average Bonchev–Trinajstić information content (AvgIpc) is 2.88. The van der Waals surface area contributed by atoms with Crippen LogP contribution < -0.4 is 4.90 Å². The third-order valence-corrected chi connectivity index (χ3v) is 5.97. The first-order chi connectivity index (χ1) is 16.9. The summed E-state index contributed by atoms with van der Waals surface area (Å²) in [6, 6.07) is 22.1. The molecular formula is C32H31N3Pt. The Kier molecular flexibility index (Phi) is 9.56. The van der Waals surface area contributed by atoms with E-state index in [0.717, 1.165) is 52.3 Å². The second-order valence-electron chi connectivity index (χ2n) is 8.89. The van der Waals surface area contributed by atoms with Gasteiger partial charge in [0.2, 0.25) is 0 Å². The van der Waals surface area contributed by atoms with Crippen LogP contribution in [0.1, 0.15) is 38.3 Å². The molecule has 1 aliphatic rings. The normalized spacial score (nSPS) is 13.6.